The Morgan fingerprint density at radius 2 is 1.90 bits per heavy atom. The Balaban J connectivity index is 1.52. The van der Waals surface area contributed by atoms with Gasteiger partial charge in [0.15, 0.2) is 5.65 Å². The molecule has 1 saturated carbocycles. The summed E-state index contributed by atoms with van der Waals surface area (Å²) < 4.78 is 0. The Kier molecular flexibility index (Phi) is 4.09. The molecule has 106 valence electrons. The van der Waals surface area contributed by atoms with Crippen molar-refractivity contribution in [2.24, 2.45) is 11.8 Å². The maximum absolute atomic E-state index is 4.49. The van der Waals surface area contributed by atoms with Crippen LogP contribution in [0.1, 0.15) is 39.0 Å². The summed E-state index contributed by atoms with van der Waals surface area (Å²) in [6.45, 7) is 3.37. The lowest BCUT2D eigenvalue weighted by Crippen LogP contribution is -2.16. The predicted molar refractivity (Wildman–Crippen MR) is 81.6 cm³/mol. The van der Waals surface area contributed by atoms with Crippen LogP contribution in [-0.2, 0) is 0 Å². The highest BCUT2D eigenvalue weighted by atomic mass is 15.0. The molecule has 0 spiro atoms. The minimum Gasteiger partial charge on any atom is -0.370 e. The number of hydrogen-bond donors (Lipinski definition) is 1. The van der Waals surface area contributed by atoms with Gasteiger partial charge in [-0.15, -0.1) is 0 Å². The molecule has 4 nitrogen and oxygen atoms in total. The fraction of sp³-hybridized carbons (Fsp3) is 0.562. The molecule has 0 aliphatic heterocycles. The highest BCUT2D eigenvalue weighted by Gasteiger charge is 2.17. The lowest BCUT2D eigenvalue weighted by atomic mass is 9.81. The molecule has 1 aliphatic carbocycles. The van der Waals surface area contributed by atoms with Gasteiger partial charge in [0.2, 0.25) is 0 Å². The van der Waals surface area contributed by atoms with Crippen molar-refractivity contribution in [2.75, 3.05) is 11.9 Å². The lowest BCUT2D eigenvalue weighted by molar-refractivity contribution is 0.282. The van der Waals surface area contributed by atoms with Crippen LogP contribution in [0.2, 0.25) is 0 Å². The van der Waals surface area contributed by atoms with Crippen LogP contribution in [0.15, 0.2) is 24.5 Å². The number of fused-ring (bicyclic) bond motifs is 1. The summed E-state index contributed by atoms with van der Waals surface area (Å²) in [7, 11) is 0. The van der Waals surface area contributed by atoms with E-state index >= 15 is 0 Å². The average molecular weight is 270 g/mol. The minimum absolute atomic E-state index is 0.712. The van der Waals surface area contributed by atoms with E-state index in [1.54, 1.807) is 12.4 Å². The summed E-state index contributed by atoms with van der Waals surface area (Å²) in [4.78, 5) is 13.0. The molecule has 0 atom stereocenters. The second-order valence-electron chi connectivity index (χ2n) is 5.94. The van der Waals surface area contributed by atoms with E-state index in [-0.39, 0.29) is 0 Å². The molecular formula is C16H22N4. The van der Waals surface area contributed by atoms with Crippen molar-refractivity contribution in [3.05, 3.63) is 24.5 Å². The van der Waals surface area contributed by atoms with Gasteiger partial charge in [-0.3, -0.25) is 4.98 Å². The molecule has 0 bridgehead atoms. The number of nitrogens with zero attached hydrogens (tertiary/aromatic N) is 3. The van der Waals surface area contributed by atoms with Gasteiger partial charge in [-0.25, -0.2) is 9.97 Å². The standard InChI is InChI=1S/C16H22N4/c1-12-2-4-13(5-3-12)8-9-18-15-7-6-14-16(20-15)19-11-10-17-14/h6-7,10-13H,2-5,8-9H2,1H3,(H,18,19,20). The summed E-state index contributed by atoms with van der Waals surface area (Å²) in [5.41, 5.74) is 1.56. The molecular weight excluding hydrogens is 248 g/mol. The van der Waals surface area contributed by atoms with Crippen LogP contribution < -0.4 is 5.32 Å². The van der Waals surface area contributed by atoms with Crippen LogP contribution in [0.4, 0.5) is 5.82 Å². The number of hydrogen-bond acceptors (Lipinski definition) is 4. The first-order valence-corrected chi connectivity index (χ1v) is 7.63. The Morgan fingerprint density at radius 3 is 2.75 bits per heavy atom. The van der Waals surface area contributed by atoms with Gasteiger partial charge in [-0.2, -0.15) is 0 Å². The lowest BCUT2D eigenvalue weighted by Gasteiger charge is -2.26. The summed E-state index contributed by atoms with van der Waals surface area (Å²) >= 11 is 0. The van der Waals surface area contributed by atoms with E-state index < -0.39 is 0 Å². The largest absolute Gasteiger partial charge is 0.370 e. The molecule has 0 radical (unpaired) electrons. The summed E-state index contributed by atoms with van der Waals surface area (Å²) in [5, 5.41) is 3.42. The van der Waals surface area contributed by atoms with Crippen molar-refractivity contribution in [3.8, 4) is 0 Å². The van der Waals surface area contributed by atoms with E-state index in [4.69, 9.17) is 0 Å². The van der Waals surface area contributed by atoms with Gasteiger partial charge in [-0.05, 0) is 30.4 Å². The molecule has 2 aromatic rings. The number of anilines is 1. The van der Waals surface area contributed by atoms with Gasteiger partial charge in [0.05, 0.1) is 0 Å². The highest BCUT2D eigenvalue weighted by molar-refractivity contribution is 5.71. The summed E-state index contributed by atoms with van der Waals surface area (Å²) in [6.07, 6.45) is 10.2. The molecule has 0 saturated heterocycles. The molecule has 20 heavy (non-hydrogen) atoms. The third-order valence-electron chi connectivity index (χ3n) is 4.33. The van der Waals surface area contributed by atoms with E-state index in [0.717, 1.165) is 29.7 Å². The molecule has 0 amide bonds. The van der Waals surface area contributed by atoms with Gasteiger partial charge >= 0.3 is 0 Å². The van der Waals surface area contributed by atoms with Gasteiger partial charge in [0.25, 0.3) is 0 Å². The molecule has 0 unspecified atom stereocenters. The molecule has 3 rings (SSSR count). The van der Waals surface area contributed by atoms with Gasteiger partial charge in [0.1, 0.15) is 11.3 Å². The first-order chi connectivity index (χ1) is 9.81. The van der Waals surface area contributed by atoms with Crippen LogP contribution in [0.25, 0.3) is 11.2 Å². The Bertz CT molecular complexity index is 561. The zero-order valence-electron chi connectivity index (χ0n) is 12.0. The Morgan fingerprint density at radius 1 is 1.10 bits per heavy atom. The van der Waals surface area contributed by atoms with Crippen molar-refractivity contribution in [1.29, 1.82) is 0 Å². The van der Waals surface area contributed by atoms with E-state index in [2.05, 4.69) is 27.2 Å². The van der Waals surface area contributed by atoms with Gasteiger partial charge in [0, 0.05) is 18.9 Å². The van der Waals surface area contributed by atoms with Gasteiger partial charge < -0.3 is 5.32 Å². The first-order valence-electron chi connectivity index (χ1n) is 7.63. The predicted octanol–water partition coefficient (Wildman–Crippen LogP) is 3.65. The normalized spacial score (nSPS) is 22.9. The van der Waals surface area contributed by atoms with E-state index in [1.807, 2.05) is 12.1 Å². The molecule has 2 heterocycles. The second kappa shape index (κ2) is 6.16. The SMILES string of the molecule is CC1CCC(CCNc2ccc3nccnc3n2)CC1. The maximum Gasteiger partial charge on any atom is 0.180 e. The van der Waals surface area contributed by atoms with Crippen LogP contribution >= 0.6 is 0 Å². The van der Waals surface area contributed by atoms with Crippen LogP contribution in [-0.4, -0.2) is 21.5 Å². The minimum atomic E-state index is 0.712. The van der Waals surface area contributed by atoms with E-state index in [9.17, 15) is 0 Å². The molecule has 4 heteroatoms. The van der Waals surface area contributed by atoms with Crippen molar-refractivity contribution in [2.45, 2.75) is 39.0 Å². The van der Waals surface area contributed by atoms with E-state index in [0.29, 0.717) is 5.65 Å². The number of nitrogens with one attached hydrogen (secondary N) is 1. The topological polar surface area (TPSA) is 50.7 Å². The number of pyridine rings is 1. The molecule has 1 N–H and O–H groups in total. The second-order valence-corrected chi connectivity index (χ2v) is 5.94. The van der Waals surface area contributed by atoms with Crippen LogP contribution in [0, 0.1) is 11.8 Å². The van der Waals surface area contributed by atoms with Crippen molar-refractivity contribution >= 4 is 17.0 Å². The first kappa shape index (κ1) is 13.3. The Hall–Kier alpha value is -1.71. The van der Waals surface area contributed by atoms with Crippen LogP contribution in [0.3, 0.4) is 0 Å². The molecule has 1 fully saturated rings. The smallest absolute Gasteiger partial charge is 0.180 e. The third-order valence-corrected chi connectivity index (χ3v) is 4.33. The third kappa shape index (κ3) is 3.24. The zero-order valence-corrected chi connectivity index (χ0v) is 12.0. The van der Waals surface area contributed by atoms with Crippen molar-refractivity contribution < 1.29 is 0 Å². The molecule has 2 aromatic heterocycles. The number of rotatable bonds is 4. The van der Waals surface area contributed by atoms with Crippen molar-refractivity contribution in [1.82, 2.24) is 15.0 Å². The summed E-state index contributed by atoms with van der Waals surface area (Å²) in [6, 6.07) is 3.96. The summed E-state index contributed by atoms with van der Waals surface area (Å²) in [5.74, 6) is 2.72. The molecule has 1 aliphatic rings. The fourth-order valence-corrected chi connectivity index (χ4v) is 2.97. The fourth-order valence-electron chi connectivity index (χ4n) is 2.97. The highest BCUT2D eigenvalue weighted by Crippen LogP contribution is 2.30. The monoisotopic (exact) mass is 270 g/mol. The zero-order chi connectivity index (χ0) is 13.8. The average Bonchev–Trinajstić information content (AvgIpc) is 2.49. The maximum atomic E-state index is 4.49. The van der Waals surface area contributed by atoms with Crippen molar-refractivity contribution in [3.63, 3.8) is 0 Å². The molecule has 0 aromatic carbocycles. The van der Waals surface area contributed by atoms with E-state index in [1.165, 1.54) is 32.1 Å². The number of aromatic nitrogens is 3. The van der Waals surface area contributed by atoms with Crippen LogP contribution in [0.5, 0.6) is 0 Å². The quantitative estimate of drug-likeness (QED) is 0.921. The van der Waals surface area contributed by atoms with Gasteiger partial charge in [-0.1, -0.05) is 32.6 Å². The Labute approximate surface area is 120 Å².